The number of ether oxygens (including phenoxy) is 1. The molecule has 2 heterocycles. The Morgan fingerprint density at radius 3 is 2.78 bits per heavy atom. The summed E-state index contributed by atoms with van der Waals surface area (Å²) < 4.78 is 5.38. The van der Waals surface area contributed by atoms with Crippen LogP contribution >= 0.6 is 23.4 Å². The van der Waals surface area contributed by atoms with Crippen molar-refractivity contribution in [3.8, 4) is 0 Å². The van der Waals surface area contributed by atoms with E-state index in [4.69, 9.17) is 16.3 Å². The predicted octanol–water partition coefficient (Wildman–Crippen LogP) is 3.55. The first-order valence-corrected chi connectivity index (χ1v) is 7.25. The monoisotopic (exact) mass is 280 g/mol. The van der Waals surface area contributed by atoms with Crippen LogP contribution in [-0.4, -0.2) is 28.4 Å². The second-order valence-electron chi connectivity index (χ2n) is 4.24. The van der Waals surface area contributed by atoms with Crippen LogP contribution in [0.3, 0.4) is 0 Å². The Balaban J connectivity index is 1.94. The second-order valence-corrected chi connectivity index (χ2v) is 5.87. The number of thioether (sulfide) groups is 1. The van der Waals surface area contributed by atoms with Gasteiger partial charge in [0.1, 0.15) is 5.03 Å². The molecule has 3 nitrogen and oxygen atoms in total. The molecule has 1 aromatic heterocycles. The summed E-state index contributed by atoms with van der Waals surface area (Å²) in [7, 11) is 0. The minimum atomic E-state index is 0.322. The minimum Gasteiger partial charge on any atom is -0.381 e. The van der Waals surface area contributed by atoms with Gasteiger partial charge < -0.3 is 4.74 Å². The Bertz CT molecular complexity index is 558. The van der Waals surface area contributed by atoms with Crippen LogP contribution in [0.1, 0.15) is 12.8 Å². The van der Waals surface area contributed by atoms with E-state index in [0.29, 0.717) is 10.5 Å². The fraction of sp³-hybridized carbons (Fsp3) is 0.385. The van der Waals surface area contributed by atoms with Crippen molar-refractivity contribution in [1.82, 2.24) is 9.97 Å². The Labute approximate surface area is 115 Å². The lowest BCUT2D eigenvalue weighted by molar-refractivity contribution is 0.1000. The molecule has 0 aliphatic carbocycles. The summed E-state index contributed by atoms with van der Waals surface area (Å²) in [5, 5.41) is 2.95. The second kappa shape index (κ2) is 5.43. The zero-order valence-electron chi connectivity index (χ0n) is 9.80. The summed E-state index contributed by atoms with van der Waals surface area (Å²) in [4.78, 5) is 8.62. The van der Waals surface area contributed by atoms with Crippen LogP contribution in [0, 0.1) is 0 Å². The van der Waals surface area contributed by atoms with E-state index in [1.165, 1.54) is 0 Å². The topological polar surface area (TPSA) is 35.0 Å². The van der Waals surface area contributed by atoms with E-state index in [0.717, 1.165) is 42.0 Å². The predicted molar refractivity (Wildman–Crippen MR) is 74.2 cm³/mol. The first-order valence-electron chi connectivity index (χ1n) is 5.99. The van der Waals surface area contributed by atoms with E-state index in [-0.39, 0.29) is 0 Å². The molecule has 1 aliphatic heterocycles. The molecule has 0 atom stereocenters. The molecule has 2 aromatic rings. The number of aromatic nitrogens is 2. The molecule has 0 amide bonds. The van der Waals surface area contributed by atoms with Gasteiger partial charge in [-0.25, -0.2) is 9.97 Å². The molecule has 0 saturated carbocycles. The molecular formula is C13H13ClN2OS. The smallest absolute Gasteiger partial charge is 0.224 e. The van der Waals surface area contributed by atoms with Crippen molar-refractivity contribution in [2.24, 2.45) is 0 Å². The van der Waals surface area contributed by atoms with Gasteiger partial charge in [0.2, 0.25) is 5.28 Å². The molecule has 1 saturated heterocycles. The minimum absolute atomic E-state index is 0.322. The molecule has 1 aliphatic rings. The lowest BCUT2D eigenvalue weighted by Gasteiger charge is -2.21. The summed E-state index contributed by atoms with van der Waals surface area (Å²) >= 11 is 7.77. The van der Waals surface area contributed by atoms with Gasteiger partial charge in [0.05, 0.1) is 5.52 Å². The van der Waals surface area contributed by atoms with E-state index in [2.05, 4.69) is 9.97 Å². The number of hydrogen-bond acceptors (Lipinski definition) is 4. The van der Waals surface area contributed by atoms with Gasteiger partial charge in [-0.3, -0.25) is 0 Å². The van der Waals surface area contributed by atoms with Gasteiger partial charge in [-0.2, -0.15) is 0 Å². The molecule has 5 heteroatoms. The van der Waals surface area contributed by atoms with Crippen molar-refractivity contribution in [2.45, 2.75) is 23.1 Å². The highest BCUT2D eigenvalue weighted by Crippen LogP contribution is 2.33. The molecule has 0 radical (unpaired) electrons. The van der Waals surface area contributed by atoms with E-state index >= 15 is 0 Å². The number of para-hydroxylation sites is 1. The van der Waals surface area contributed by atoms with Gasteiger partial charge in [-0.1, -0.05) is 18.2 Å². The van der Waals surface area contributed by atoms with Crippen molar-refractivity contribution in [1.29, 1.82) is 0 Å². The van der Waals surface area contributed by atoms with Crippen molar-refractivity contribution < 1.29 is 4.74 Å². The van der Waals surface area contributed by atoms with Crippen LogP contribution in [0.2, 0.25) is 5.28 Å². The number of hydrogen-bond donors (Lipinski definition) is 0. The fourth-order valence-corrected chi connectivity index (χ4v) is 3.47. The van der Waals surface area contributed by atoms with Gasteiger partial charge in [-0.05, 0) is 30.5 Å². The molecular weight excluding hydrogens is 268 g/mol. The SMILES string of the molecule is Clc1nc(SC2CCOCC2)c2ccccc2n1. The Hall–Kier alpha value is -0.840. The Morgan fingerprint density at radius 1 is 1.17 bits per heavy atom. The molecule has 0 bridgehead atoms. The van der Waals surface area contributed by atoms with Gasteiger partial charge in [0, 0.05) is 23.8 Å². The number of halogens is 1. The van der Waals surface area contributed by atoms with Crippen LogP contribution in [0.15, 0.2) is 29.3 Å². The summed E-state index contributed by atoms with van der Waals surface area (Å²) in [6, 6.07) is 7.99. The first kappa shape index (κ1) is 12.2. The summed E-state index contributed by atoms with van der Waals surface area (Å²) in [5.41, 5.74) is 0.909. The van der Waals surface area contributed by atoms with Gasteiger partial charge in [0.25, 0.3) is 0 Å². The third kappa shape index (κ3) is 2.60. The number of benzene rings is 1. The standard InChI is InChI=1S/C13H13ClN2OS/c14-13-15-11-4-2-1-3-10(11)12(16-13)18-9-5-7-17-8-6-9/h1-4,9H,5-8H2. The lowest BCUT2D eigenvalue weighted by atomic mass is 10.2. The van der Waals surface area contributed by atoms with E-state index in [9.17, 15) is 0 Å². The first-order chi connectivity index (χ1) is 8.83. The zero-order chi connectivity index (χ0) is 12.4. The molecule has 3 rings (SSSR count). The average Bonchev–Trinajstić information content (AvgIpc) is 2.40. The Morgan fingerprint density at radius 2 is 1.94 bits per heavy atom. The molecule has 1 fully saturated rings. The van der Waals surface area contributed by atoms with E-state index in [1.807, 2.05) is 24.3 Å². The number of rotatable bonds is 2. The maximum absolute atomic E-state index is 5.98. The van der Waals surface area contributed by atoms with Gasteiger partial charge >= 0.3 is 0 Å². The highest BCUT2D eigenvalue weighted by atomic mass is 35.5. The maximum Gasteiger partial charge on any atom is 0.224 e. The van der Waals surface area contributed by atoms with E-state index in [1.54, 1.807) is 11.8 Å². The molecule has 94 valence electrons. The van der Waals surface area contributed by atoms with Crippen molar-refractivity contribution >= 4 is 34.3 Å². The van der Waals surface area contributed by atoms with Crippen molar-refractivity contribution in [3.05, 3.63) is 29.5 Å². The highest BCUT2D eigenvalue weighted by Gasteiger charge is 2.17. The van der Waals surface area contributed by atoms with Crippen molar-refractivity contribution in [2.75, 3.05) is 13.2 Å². The highest BCUT2D eigenvalue weighted by molar-refractivity contribution is 8.00. The van der Waals surface area contributed by atoms with Gasteiger partial charge in [0.15, 0.2) is 0 Å². The molecule has 0 spiro atoms. The number of fused-ring (bicyclic) bond motifs is 1. The quantitative estimate of drug-likeness (QED) is 0.622. The van der Waals surface area contributed by atoms with Crippen LogP contribution in [-0.2, 0) is 4.74 Å². The molecule has 18 heavy (non-hydrogen) atoms. The fourth-order valence-electron chi connectivity index (χ4n) is 2.06. The third-order valence-electron chi connectivity index (χ3n) is 2.99. The molecule has 0 N–H and O–H groups in total. The average molecular weight is 281 g/mol. The number of nitrogens with zero attached hydrogens (tertiary/aromatic N) is 2. The molecule has 1 aromatic carbocycles. The normalized spacial score (nSPS) is 17.2. The van der Waals surface area contributed by atoms with Crippen LogP contribution < -0.4 is 0 Å². The van der Waals surface area contributed by atoms with Crippen molar-refractivity contribution in [3.63, 3.8) is 0 Å². The third-order valence-corrected chi connectivity index (χ3v) is 4.50. The maximum atomic E-state index is 5.98. The zero-order valence-corrected chi connectivity index (χ0v) is 11.4. The van der Waals surface area contributed by atoms with E-state index < -0.39 is 0 Å². The van der Waals surface area contributed by atoms with Crippen LogP contribution in [0.25, 0.3) is 10.9 Å². The Kier molecular flexibility index (Phi) is 3.68. The summed E-state index contributed by atoms with van der Waals surface area (Å²) in [6.45, 7) is 1.68. The lowest BCUT2D eigenvalue weighted by Crippen LogP contribution is -2.17. The van der Waals surface area contributed by atoms with Crippen LogP contribution in [0.4, 0.5) is 0 Å². The van der Waals surface area contributed by atoms with Crippen LogP contribution in [0.5, 0.6) is 0 Å². The van der Waals surface area contributed by atoms with Gasteiger partial charge in [-0.15, -0.1) is 11.8 Å². The molecule has 0 unspecified atom stereocenters. The summed E-state index contributed by atoms with van der Waals surface area (Å²) in [5.74, 6) is 0. The summed E-state index contributed by atoms with van der Waals surface area (Å²) in [6.07, 6.45) is 2.14. The largest absolute Gasteiger partial charge is 0.381 e.